The maximum atomic E-state index is 13.4. The maximum Gasteiger partial charge on any atom is 0.242 e. The Balaban J connectivity index is 1.09. The molecule has 4 fully saturated rings. The van der Waals surface area contributed by atoms with Gasteiger partial charge >= 0.3 is 0 Å². The van der Waals surface area contributed by atoms with Crippen LogP contribution < -0.4 is 11.2 Å². The predicted octanol–water partition coefficient (Wildman–Crippen LogP) is 0.889. The number of amides is 2. The van der Waals surface area contributed by atoms with Crippen LogP contribution in [0.2, 0.25) is 0 Å². The summed E-state index contributed by atoms with van der Waals surface area (Å²) in [5.74, 6) is 0.462. The number of aryl methyl sites for hydroxylation is 1. The number of carbonyl (C=O) groups excluding carboxylic acids is 2. The third-order valence-electron chi connectivity index (χ3n) is 8.31. The first-order valence-corrected chi connectivity index (χ1v) is 13.1. The van der Waals surface area contributed by atoms with Gasteiger partial charge in [0.15, 0.2) is 0 Å². The quantitative estimate of drug-likeness (QED) is 0.233. The average molecular weight is 499 g/mol. The van der Waals surface area contributed by atoms with Crippen molar-refractivity contribution in [3.8, 4) is 6.07 Å². The molecule has 10 nitrogen and oxygen atoms in total. The number of hydrogen-bond donors (Lipinski definition) is 2. The van der Waals surface area contributed by atoms with Crippen molar-refractivity contribution in [2.75, 3.05) is 20.1 Å². The summed E-state index contributed by atoms with van der Waals surface area (Å²) in [5.41, 5.74) is 11.2. The van der Waals surface area contributed by atoms with E-state index in [0.717, 1.165) is 55.6 Å². The van der Waals surface area contributed by atoms with E-state index in [2.05, 4.69) is 33.5 Å². The second kappa shape index (κ2) is 9.03. The number of fused-ring (bicyclic) bond motifs is 4. The second-order valence-corrected chi connectivity index (χ2v) is 11.0. The summed E-state index contributed by atoms with van der Waals surface area (Å²) < 4.78 is 5.01. The average Bonchev–Trinajstić information content (AvgIpc) is 3.18. The fourth-order valence-corrected chi connectivity index (χ4v) is 7.21. The molecule has 3 N–H and O–H groups in total. The zero-order valence-corrected chi connectivity index (χ0v) is 20.4. The first kappa shape index (κ1) is 23.2. The SMILES string of the molecule is CNOOSc1ccc2c(c1)CC[C@H]2N1C(=O)[C@H]2C[C@@H]1CN2C[C@H](N)C(=O)N1C2C[C@H]2C[C@H]1C#N. The van der Waals surface area contributed by atoms with Crippen molar-refractivity contribution in [1.82, 2.24) is 20.2 Å². The summed E-state index contributed by atoms with van der Waals surface area (Å²) in [6.45, 7) is 1.10. The zero-order valence-electron chi connectivity index (χ0n) is 19.6. The van der Waals surface area contributed by atoms with E-state index in [-0.39, 0.29) is 42.0 Å². The number of rotatable bonds is 8. The van der Waals surface area contributed by atoms with Crippen LogP contribution in [0.25, 0.3) is 0 Å². The molecule has 2 amide bonds. The fraction of sp³-hybridized carbons (Fsp3) is 0.625. The van der Waals surface area contributed by atoms with Crippen molar-refractivity contribution in [2.45, 2.75) is 73.3 Å². The van der Waals surface area contributed by atoms with Crippen molar-refractivity contribution >= 4 is 23.9 Å². The van der Waals surface area contributed by atoms with E-state index >= 15 is 0 Å². The molecule has 3 saturated heterocycles. The lowest BCUT2D eigenvalue weighted by Gasteiger charge is -2.38. The van der Waals surface area contributed by atoms with Crippen LogP contribution in [-0.2, 0) is 25.3 Å². The van der Waals surface area contributed by atoms with Crippen LogP contribution in [0.1, 0.15) is 42.9 Å². The maximum absolute atomic E-state index is 13.4. The molecule has 186 valence electrons. The molecule has 1 unspecified atom stereocenters. The largest absolute Gasteiger partial charge is 0.330 e. The molecule has 0 aromatic heterocycles. The summed E-state index contributed by atoms with van der Waals surface area (Å²) in [6.07, 6.45) is 4.37. The molecule has 5 aliphatic rings. The Labute approximate surface area is 208 Å². The van der Waals surface area contributed by atoms with E-state index in [1.54, 1.807) is 11.9 Å². The molecule has 6 rings (SSSR count). The molecule has 2 aliphatic carbocycles. The third-order valence-corrected chi connectivity index (χ3v) is 8.90. The minimum absolute atomic E-state index is 0.0891. The minimum Gasteiger partial charge on any atom is -0.330 e. The van der Waals surface area contributed by atoms with Crippen molar-refractivity contribution in [1.29, 1.82) is 5.26 Å². The lowest BCUT2D eigenvalue weighted by molar-refractivity contribution is -0.237. The smallest absolute Gasteiger partial charge is 0.242 e. The van der Waals surface area contributed by atoms with Gasteiger partial charge in [0.1, 0.15) is 6.04 Å². The Hall–Kier alpha value is -2.20. The van der Waals surface area contributed by atoms with Gasteiger partial charge in [0.25, 0.3) is 0 Å². The van der Waals surface area contributed by atoms with Crippen molar-refractivity contribution in [3.05, 3.63) is 29.3 Å². The number of nitriles is 1. The van der Waals surface area contributed by atoms with Crippen LogP contribution in [0, 0.1) is 17.2 Å². The number of piperazine rings is 1. The number of nitrogens with zero attached hydrogens (tertiary/aromatic N) is 4. The van der Waals surface area contributed by atoms with Gasteiger partial charge in [-0.15, -0.1) is 9.32 Å². The summed E-state index contributed by atoms with van der Waals surface area (Å²) in [5, 5.41) is 9.42. The Kier molecular flexibility index (Phi) is 5.99. The first-order valence-electron chi connectivity index (χ1n) is 12.3. The van der Waals surface area contributed by atoms with Crippen LogP contribution in [0.5, 0.6) is 0 Å². The minimum atomic E-state index is -0.706. The molecule has 1 aromatic carbocycles. The van der Waals surface area contributed by atoms with Gasteiger partial charge in [0, 0.05) is 37.1 Å². The number of carbonyl (C=O) groups is 2. The van der Waals surface area contributed by atoms with Crippen LogP contribution in [0.4, 0.5) is 0 Å². The van der Waals surface area contributed by atoms with Crippen LogP contribution >= 0.6 is 12.0 Å². The van der Waals surface area contributed by atoms with Gasteiger partial charge < -0.3 is 15.5 Å². The van der Waals surface area contributed by atoms with Crippen LogP contribution in [0.3, 0.4) is 0 Å². The highest BCUT2D eigenvalue weighted by Gasteiger charge is 2.56. The van der Waals surface area contributed by atoms with Gasteiger partial charge in [0.2, 0.25) is 11.8 Å². The Morgan fingerprint density at radius 3 is 2.97 bits per heavy atom. The lowest BCUT2D eigenvalue weighted by Crippen LogP contribution is -2.57. The molecule has 1 saturated carbocycles. The van der Waals surface area contributed by atoms with E-state index in [9.17, 15) is 14.9 Å². The molecule has 3 aliphatic heterocycles. The summed E-state index contributed by atoms with van der Waals surface area (Å²) in [7, 11) is 1.63. The first-order chi connectivity index (χ1) is 17.0. The molecule has 7 atom stereocenters. The Morgan fingerprint density at radius 2 is 2.20 bits per heavy atom. The highest BCUT2D eigenvalue weighted by Crippen LogP contribution is 2.48. The van der Waals surface area contributed by atoms with Gasteiger partial charge in [-0.1, -0.05) is 6.07 Å². The number of nitrogens with two attached hydrogens (primary N) is 1. The van der Waals surface area contributed by atoms with Gasteiger partial charge in [0.05, 0.1) is 36.2 Å². The second-order valence-electron chi connectivity index (χ2n) is 10.3. The number of piperidine rings is 1. The van der Waals surface area contributed by atoms with Gasteiger partial charge in [-0.3, -0.25) is 14.5 Å². The van der Waals surface area contributed by atoms with Gasteiger partial charge in [-0.05, 0) is 61.3 Å². The number of nitrogens with one attached hydrogen (secondary N) is 1. The fourth-order valence-electron chi connectivity index (χ4n) is 6.71. The van der Waals surface area contributed by atoms with Crippen LogP contribution in [0.15, 0.2) is 23.1 Å². The highest BCUT2D eigenvalue weighted by molar-refractivity contribution is 7.94. The summed E-state index contributed by atoms with van der Waals surface area (Å²) in [4.78, 5) is 38.0. The molecule has 3 heterocycles. The van der Waals surface area contributed by atoms with Gasteiger partial charge in [-0.25, -0.2) is 0 Å². The molecule has 11 heteroatoms. The molecule has 1 aromatic rings. The number of hydroxylamine groups is 1. The lowest BCUT2D eigenvalue weighted by atomic mass is 10.1. The van der Waals surface area contributed by atoms with E-state index in [1.807, 2.05) is 6.07 Å². The Bertz CT molecular complexity index is 1080. The number of hydrogen-bond acceptors (Lipinski definition) is 9. The summed E-state index contributed by atoms with van der Waals surface area (Å²) in [6, 6.07) is 7.59. The molecular formula is C24H30N6O4S. The molecule has 0 spiro atoms. The topological polar surface area (TPSA) is 124 Å². The monoisotopic (exact) mass is 498 g/mol. The van der Waals surface area contributed by atoms with Gasteiger partial charge in [-0.2, -0.15) is 10.7 Å². The van der Waals surface area contributed by atoms with Crippen molar-refractivity contribution in [3.63, 3.8) is 0 Å². The molecule has 0 radical (unpaired) electrons. The summed E-state index contributed by atoms with van der Waals surface area (Å²) >= 11 is 1.15. The van der Waals surface area contributed by atoms with Crippen molar-refractivity contribution < 1.29 is 18.9 Å². The van der Waals surface area contributed by atoms with E-state index in [0.29, 0.717) is 12.5 Å². The molecular weight excluding hydrogens is 468 g/mol. The molecule has 35 heavy (non-hydrogen) atoms. The molecule has 2 bridgehead atoms. The predicted molar refractivity (Wildman–Crippen MR) is 126 cm³/mol. The van der Waals surface area contributed by atoms with E-state index in [1.165, 1.54) is 11.1 Å². The Morgan fingerprint density at radius 1 is 1.34 bits per heavy atom. The normalized spacial score (nSPS) is 33.7. The zero-order chi connectivity index (χ0) is 24.3. The van der Waals surface area contributed by atoms with E-state index < -0.39 is 6.04 Å². The highest BCUT2D eigenvalue weighted by atomic mass is 32.2. The standard InChI is InChI=1S/C24H30N6O4S/c1-27-33-34-35-17-3-4-18-13(7-17)2-5-20(18)30-16-9-22(24(30)32)28(11-16)12-19(26)23(31)29-15(10-25)6-14-8-21(14)29/h3-4,7,14-16,19-22,27H,2,5-6,8-9,11-12,26H2,1H3/t14-,15+,16-,19+,20-,21?,22-/m1/s1. The third kappa shape index (κ3) is 3.93. The van der Waals surface area contributed by atoms with Crippen LogP contribution in [-0.4, -0.2) is 76.9 Å². The number of likely N-dealkylation sites (tertiary alicyclic amines) is 3. The van der Waals surface area contributed by atoms with E-state index in [4.69, 9.17) is 15.1 Å². The van der Waals surface area contributed by atoms with Crippen molar-refractivity contribution in [2.24, 2.45) is 11.7 Å². The number of benzene rings is 1.